The number of benzene rings is 2. The first-order chi connectivity index (χ1) is 13.1. The predicted molar refractivity (Wildman–Crippen MR) is 107 cm³/mol. The van der Waals surface area contributed by atoms with Gasteiger partial charge in [-0.05, 0) is 43.4 Å². The van der Waals surface area contributed by atoms with E-state index in [1.54, 1.807) is 0 Å². The second-order valence-electron chi connectivity index (χ2n) is 6.92. The van der Waals surface area contributed by atoms with E-state index in [2.05, 4.69) is 27.1 Å². The van der Waals surface area contributed by atoms with Crippen LogP contribution >= 0.6 is 0 Å². The van der Waals surface area contributed by atoms with Crippen LogP contribution in [0.15, 0.2) is 53.3 Å². The molecule has 0 bridgehead atoms. The number of carbonyl (C=O) groups excluding carboxylic acids is 1. The minimum absolute atomic E-state index is 0.0247. The number of piperazine rings is 1. The van der Waals surface area contributed by atoms with Crippen LogP contribution in [-0.4, -0.2) is 53.6 Å². The molecule has 27 heavy (non-hydrogen) atoms. The first kappa shape index (κ1) is 17.4. The van der Waals surface area contributed by atoms with Crippen LogP contribution in [0, 0.1) is 0 Å². The number of amides is 1. The van der Waals surface area contributed by atoms with Crippen molar-refractivity contribution >= 4 is 28.3 Å². The molecule has 7 nitrogen and oxygen atoms in total. The van der Waals surface area contributed by atoms with Gasteiger partial charge in [-0.1, -0.05) is 12.1 Å². The average molecular weight is 365 g/mol. The number of nitrogens with zero attached hydrogens (tertiary/aromatic N) is 3. The minimum Gasteiger partial charge on any atom is -0.369 e. The molecule has 0 spiro atoms. The van der Waals surface area contributed by atoms with Gasteiger partial charge in [0.15, 0.2) is 0 Å². The van der Waals surface area contributed by atoms with E-state index in [0.717, 1.165) is 48.6 Å². The zero-order chi connectivity index (χ0) is 18.8. The maximum Gasteiger partial charge on any atom is 0.326 e. The average Bonchev–Trinajstić information content (AvgIpc) is 2.98. The molecule has 4 rings (SSSR count). The summed E-state index contributed by atoms with van der Waals surface area (Å²) >= 11 is 0. The van der Waals surface area contributed by atoms with E-state index >= 15 is 0 Å². The van der Waals surface area contributed by atoms with Gasteiger partial charge < -0.3 is 20.1 Å². The Labute approximate surface area is 157 Å². The first-order valence-electron chi connectivity index (χ1n) is 9.11. The fourth-order valence-electron chi connectivity index (χ4n) is 3.43. The summed E-state index contributed by atoms with van der Waals surface area (Å²) in [6.07, 6.45) is 0. The largest absolute Gasteiger partial charge is 0.369 e. The number of carbonyl (C=O) groups is 1. The molecule has 0 unspecified atom stereocenters. The van der Waals surface area contributed by atoms with Crippen LogP contribution in [0.3, 0.4) is 0 Å². The molecule has 2 heterocycles. The van der Waals surface area contributed by atoms with Crippen molar-refractivity contribution < 1.29 is 4.79 Å². The molecule has 1 saturated heterocycles. The maximum absolute atomic E-state index is 12.4. The van der Waals surface area contributed by atoms with Crippen LogP contribution in [0.4, 0.5) is 11.4 Å². The summed E-state index contributed by atoms with van der Waals surface area (Å²) in [7, 11) is 2.13. The van der Waals surface area contributed by atoms with E-state index in [1.165, 1.54) is 4.57 Å². The molecule has 0 aliphatic carbocycles. The number of hydrogen-bond donors (Lipinski definition) is 2. The number of imidazole rings is 1. The summed E-state index contributed by atoms with van der Waals surface area (Å²) < 4.78 is 1.45. The van der Waals surface area contributed by atoms with Crippen molar-refractivity contribution in [1.82, 2.24) is 14.5 Å². The third-order valence-electron chi connectivity index (χ3n) is 5.00. The quantitative estimate of drug-likeness (QED) is 0.738. The van der Waals surface area contributed by atoms with E-state index in [4.69, 9.17) is 0 Å². The van der Waals surface area contributed by atoms with E-state index in [0.29, 0.717) is 0 Å². The van der Waals surface area contributed by atoms with Crippen molar-refractivity contribution in [3.8, 4) is 0 Å². The Balaban J connectivity index is 1.42. The lowest BCUT2D eigenvalue weighted by atomic mass is 10.2. The molecule has 0 saturated carbocycles. The summed E-state index contributed by atoms with van der Waals surface area (Å²) in [5.41, 5.74) is 3.06. The Kier molecular flexibility index (Phi) is 4.68. The van der Waals surface area contributed by atoms with Crippen molar-refractivity contribution in [2.75, 3.05) is 43.4 Å². The lowest BCUT2D eigenvalue weighted by Crippen LogP contribution is -2.44. The monoisotopic (exact) mass is 365 g/mol. The molecule has 3 aromatic rings. The molecule has 0 radical (unpaired) electrons. The Morgan fingerprint density at radius 2 is 1.74 bits per heavy atom. The van der Waals surface area contributed by atoms with Gasteiger partial charge in [0.1, 0.15) is 6.54 Å². The number of para-hydroxylation sites is 2. The molecule has 1 amide bonds. The van der Waals surface area contributed by atoms with Gasteiger partial charge in [-0.2, -0.15) is 0 Å². The van der Waals surface area contributed by atoms with Gasteiger partial charge in [0.25, 0.3) is 0 Å². The second kappa shape index (κ2) is 7.28. The zero-order valence-corrected chi connectivity index (χ0v) is 15.3. The van der Waals surface area contributed by atoms with Crippen molar-refractivity contribution in [1.29, 1.82) is 0 Å². The molecular weight excluding hydrogens is 342 g/mol. The zero-order valence-electron chi connectivity index (χ0n) is 15.3. The SMILES string of the molecule is CN1CCN(c2ccc(NC(=O)Cn3c(=O)[nH]c4ccccc43)cc2)CC1. The lowest BCUT2D eigenvalue weighted by molar-refractivity contribution is -0.116. The van der Waals surface area contributed by atoms with Gasteiger partial charge in [0, 0.05) is 37.6 Å². The fourth-order valence-corrected chi connectivity index (χ4v) is 3.43. The highest BCUT2D eigenvalue weighted by atomic mass is 16.2. The fraction of sp³-hybridized carbons (Fsp3) is 0.300. The minimum atomic E-state index is -0.281. The number of hydrogen-bond acceptors (Lipinski definition) is 4. The Hall–Kier alpha value is -3.06. The van der Waals surface area contributed by atoms with Gasteiger partial charge >= 0.3 is 5.69 Å². The number of H-pyrrole nitrogens is 1. The van der Waals surface area contributed by atoms with Gasteiger partial charge in [-0.25, -0.2) is 4.79 Å². The van der Waals surface area contributed by atoms with Gasteiger partial charge in [-0.3, -0.25) is 9.36 Å². The summed E-state index contributed by atoms with van der Waals surface area (Å²) in [6.45, 7) is 4.09. The van der Waals surface area contributed by atoms with Crippen molar-refractivity contribution in [2.24, 2.45) is 0 Å². The van der Waals surface area contributed by atoms with Crippen molar-refractivity contribution in [3.63, 3.8) is 0 Å². The normalized spacial score (nSPS) is 15.2. The number of anilines is 2. The molecule has 1 fully saturated rings. The van der Waals surface area contributed by atoms with E-state index in [-0.39, 0.29) is 18.1 Å². The third-order valence-corrected chi connectivity index (χ3v) is 5.00. The van der Waals surface area contributed by atoms with E-state index < -0.39 is 0 Å². The Bertz CT molecular complexity index is 997. The number of aromatic nitrogens is 2. The summed E-state index contributed by atoms with van der Waals surface area (Å²) in [5.74, 6) is -0.228. The Morgan fingerprint density at radius 1 is 1.04 bits per heavy atom. The topological polar surface area (TPSA) is 73.4 Å². The van der Waals surface area contributed by atoms with Crippen molar-refractivity contribution in [2.45, 2.75) is 6.54 Å². The molecule has 1 aromatic heterocycles. The highest BCUT2D eigenvalue weighted by Gasteiger charge is 2.14. The molecule has 2 N–H and O–H groups in total. The number of rotatable bonds is 4. The lowest BCUT2D eigenvalue weighted by Gasteiger charge is -2.34. The van der Waals surface area contributed by atoms with Crippen LogP contribution in [0.5, 0.6) is 0 Å². The number of aromatic amines is 1. The van der Waals surface area contributed by atoms with Crippen LogP contribution in [0.2, 0.25) is 0 Å². The van der Waals surface area contributed by atoms with Crippen LogP contribution in [0.1, 0.15) is 0 Å². The van der Waals surface area contributed by atoms with Crippen LogP contribution in [-0.2, 0) is 11.3 Å². The number of fused-ring (bicyclic) bond motifs is 1. The number of nitrogens with one attached hydrogen (secondary N) is 2. The molecular formula is C20H23N5O2. The maximum atomic E-state index is 12.4. The standard InChI is InChI=1S/C20H23N5O2/c1-23-10-12-24(13-11-23)16-8-6-15(7-9-16)21-19(26)14-25-18-5-3-2-4-17(18)22-20(25)27/h2-9H,10-14H2,1H3,(H,21,26)(H,22,27). The molecule has 1 aliphatic rings. The smallest absolute Gasteiger partial charge is 0.326 e. The summed E-state index contributed by atoms with van der Waals surface area (Å²) in [4.78, 5) is 31.9. The summed E-state index contributed by atoms with van der Waals surface area (Å²) in [6, 6.07) is 15.2. The van der Waals surface area contributed by atoms with Crippen LogP contribution in [0.25, 0.3) is 11.0 Å². The van der Waals surface area contributed by atoms with Gasteiger partial charge in [0.05, 0.1) is 11.0 Å². The summed E-state index contributed by atoms with van der Waals surface area (Å²) in [5, 5.41) is 2.87. The molecule has 140 valence electrons. The highest BCUT2D eigenvalue weighted by molar-refractivity contribution is 5.91. The van der Waals surface area contributed by atoms with E-state index in [9.17, 15) is 9.59 Å². The molecule has 2 aromatic carbocycles. The Morgan fingerprint density at radius 3 is 2.48 bits per heavy atom. The van der Waals surface area contributed by atoms with Gasteiger partial charge in [-0.15, -0.1) is 0 Å². The number of likely N-dealkylation sites (N-methyl/N-ethyl adjacent to an activating group) is 1. The third kappa shape index (κ3) is 3.73. The second-order valence-corrected chi connectivity index (χ2v) is 6.92. The molecule has 7 heteroatoms. The first-order valence-corrected chi connectivity index (χ1v) is 9.11. The highest BCUT2D eigenvalue weighted by Crippen LogP contribution is 2.19. The van der Waals surface area contributed by atoms with Crippen molar-refractivity contribution in [3.05, 3.63) is 59.0 Å². The van der Waals surface area contributed by atoms with Crippen LogP contribution < -0.4 is 15.9 Å². The van der Waals surface area contributed by atoms with E-state index in [1.807, 2.05) is 48.5 Å². The predicted octanol–water partition coefficient (Wildman–Crippen LogP) is 1.72. The molecule has 0 atom stereocenters. The molecule has 1 aliphatic heterocycles. The van der Waals surface area contributed by atoms with Gasteiger partial charge in [0.2, 0.25) is 5.91 Å².